The minimum atomic E-state index is -5.08. The summed E-state index contributed by atoms with van der Waals surface area (Å²) in [6.45, 7) is 1.64. The van der Waals surface area contributed by atoms with Gasteiger partial charge in [0.1, 0.15) is 0 Å². The molecule has 2 aliphatic heterocycles. The molecular weight excluding hydrogens is 415 g/mol. The van der Waals surface area contributed by atoms with Crippen molar-refractivity contribution in [3.05, 3.63) is 42.0 Å². The number of hydrogen-bond donors (Lipinski definition) is 3. The van der Waals surface area contributed by atoms with Gasteiger partial charge in [0.05, 0.1) is 12.1 Å². The minimum absolute atomic E-state index is 0.00150. The van der Waals surface area contributed by atoms with Gasteiger partial charge in [0.25, 0.3) is 5.91 Å². The van der Waals surface area contributed by atoms with Crippen LogP contribution >= 0.6 is 0 Å². The average molecular weight is 439 g/mol. The average Bonchev–Trinajstić information content (AvgIpc) is 3.42. The van der Waals surface area contributed by atoms with Crippen molar-refractivity contribution in [2.45, 2.75) is 43.9 Å². The van der Waals surface area contributed by atoms with E-state index in [9.17, 15) is 22.8 Å². The fourth-order valence-corrected chi connectivity index (χ4v) is 3.40. The molecule has 1 aliphatic carbocycles. The lowest BCUT2D eigenvalue weighted by Crippen LogP contribution is -2.55. The number of anilines is 1. The number of nitrogens with zero attached hydrogens (tertiary/aromatic N) is 1. The topological polar surface area (TPSA) is 98.7 Å². The molecular formula is C21H24F3N3O4. The molecule has 1 aromatic carbocycles. The van der Waals surface area contributed by atoms with Crippen LogP contribution in [0.1, 0.15) is 24.8 Å². The number of alkyl halides is 3. The second-order valence-electron chi connectivity index (χ2n) is 7.70. The Balaban J connectivity index is 0.000000339. The second kappa shape index (κ2) is 9.51. The molecule has 31 heavy (non-hydrogen) atoms. The van der Waals surface area contributed by atoms with Crippen molar-refractivity contribution in [3.63, 3.8) is 0 Å². The Morgan fingerprint density at radius 2 is 1.84 bits per heavy atom. The third-order valence-corrected chi connectivity index (χ3v) is 5.42. The molecule has 10 heteroatoms. The first-order chi connectivity index (χ1) is 14.7. The number of nitrogens with one attached hydrogen (secondary N) is 2. The number of amides is 2. The number of benzene rings is 1. The molecule has 0 bridgehead atoms. The maximum atomic E-state index is 12.6. The molecule has 168 valence electrons. The fourth-order valence-electron chi connectivity index (χ4n) is 3.40. The first kappa shape index (κ1) is 22.8. The van der Waals surface area contributed by atoms with E-state index < -0.39 is 12.1 Å². The van der Waals surface area contributed by atoms with E-state index in [1.54, 1.807) is 6.08 Å². The standard InChI is InChI=1S/C19H23N3O2.C2HF3O2/c23-18(22-12-10-14-3-1-2-4-17(14)22)8-7-15(13-5-6-13)21-19(24)16-9-11-20-16;3-2(4,5)1(6)7/h1-4,7-8,13,15-16,20H,5-6,9-12H2,(H,21,24);(H,6,7)/t15-,16+;/m1./s1. The van der Waals surface area contributed by atoms with Crippen molar-refractivity contribution in [1.29, 1.82) is 0 Å². The first-order valence-corrected chi connectivity index (χ1v) is 10.1. The normalized spacial score (nSPS) is 20.9. The maximum Gasteiger partial charge on any atom is 0.490 e. The van der Waals surface area contributed by atoms with Gasteiger partial charge in [0.15, 0.2) is 0 Å². The van der Waals surface area contributed by atoms with Crippen LogP contribution < -0.4 is 15.5 Å². The number of carboxylic acid groups (broad SMARTS) is 1. The molecule has 2 amide bonds. The highest BCUT2D eigenvalue weighted by atomic mass is 19.4. The zero-order valence-corrected chi connectivity index (χ0v) is 16.7. The van der Waals surface area contributed by atoms with Gasteiger partial charge in [-0.25, -0.2) is 4.79 Å². The van der Waals surface area contributed by atoms with E-state index in [4.69, 9.17) is 9.90 Å². The lowest BCUT2D eigenvalue weighted by molar-refractivity contribution is -0.192. The molecule has 0 aromatic heterocycles. The predicted octanol–water partition coefficient (Wildman–Crippen LogP) is 2.02. The molecule has 2 heterocycles. The van der Waals surface area contributed by atoms with E-state index in [1.807, 2.05) is 29.2 Å². The zero-order valence-electron chi connectivity index (χ0n) is 16.7. The summed E-state index contributed by atoms with van der Waals surface area (Å²) in [6.07, 6.45) is 2.49. The van der Waals surface area contributed by atoms with E-state index in [2.05, 4.69) is 16.7 Å². The number of aliphatic carboxylic acids is 1. The van der Waals surface area contributed by atoms with Crippen molar-refractivity contribution in [1.82, 2.24) is 10.6 Å². The number of carbonyl (C=O) groups excluding carboxylic acids is 2. The molecule has 1 aromatic rings. The van der Waals surface area contributed by atoms with E-state index in [0.717, 1.165) is 44.5 Å². The van der Waals surface area contributed by atoms with Gasteiger partial charge < -0.3 is 20.6 Å². The van der Waals surface area contributed by atoms with Gasteiger partial charge in [-0.15, -0.1) is 0 Å². The Morgan fingerprint density at radius 1 is 1.19 bits per heavy atom. The van der Waals surface area contributed by atoms with Gasteiger partial charge in [-0.3, -0.25) is 9.59 Å². The minimum Gasteiger partial charge on any atom is -0.475 e. The van der Waals surface area contributed by atoms with Crippen molar-refractivity contribution >= 4 is 23.5 Å². The van der Waals surface area contributed by atoms with Crippen LogP contribution in [0.3, 0.4) is 0 Å². The number of carboxylic acids is 1. The number of hydrogen-bond acceptors (Lipinski definition) is 4. The summed E-state index contributed by atoms with van der Waals surface area (Å²) in [6, 6.07) is 7.97. The summed E-state index contributed by atoms with van der Waals surface area (Å²) >= 11 is 0. The highest BCUT2D eigenvalue weighted by Crippen LogP contribution is 2.33. The molecule has 1 saturated carbocycles. The number of fused-ring (bicyclic) bond motifs is 1. The van der Waals surface area contributed by atoms with Crippen LogP contribution in [0.4, 0.5) is 18.9 Å². The van der Waals surface area contributed by atoms with Crippen LogP contribution in [0.5, 0.6) is 0 Å². The van der Waals surface area contributed by atoms with E-state index >= 15 is 0 Å². The molecule has 1 saturated heterocycles. The highest BCUT2D eigenvalue weighted by Gasteiger charge is 2.38. The Labute approximate surface area is 177 Å². The van der Waals surface area contributed by atoms with Crippen molar-refractivity contribution in [2.24, 2.45) is 5.92 Å². The molecule has 4 rings (SSSR count). The highest BCUT2D eigenvalue weighted by molar-refractivity contribution is 6.03. The van der Waals surface area contributed by atoms with E-state index in [0.29, 0.717) is 5.92 Å². The van der Waals surface area contributed by atoms with Crippen LogP contribution in [0.2, 0.25) is 0 Å². The summed E-state index contributed by atoms with van der Waals surface area (Å²) in [4.78, 5) is 35.4. The number of halogens is 3. The summed E-state index contributed by atoms with van der Waals surface area (Å²) in [5, 5.41) is 13.3. The molecule has 0 spiro atoms. The van der Waals surface area contributed by atoms with Crippen LogP contribution in [0.25, 0.3) is 0 Å². The summed E-state index contributed by atoms with van der Waals surface area (Å²) < 4.78 is 31.7. The molecule has 3 aliphatic rings. The van der Waals surface area contributed by atoms with Gasteiger partial charge in [0, 0.05) is 18.3 Å². The number of carbonyl (C=O) groups is 3. The van der Waals surface area contributed by atoms with Crippen LogP contribution in [-0.4, -0.2) is 54.2 Å². The summed E-state index contributed by atoms with van der Waals surface area (Å²) in [7, 11) is 0. The molecule has 7 nitrogen and oxygen atoms in total. The van der Waals surface area contributed by atoms with Crippen molar-refractivity contribution < 1.29 is 32.7 Å². The smallest absolute Gasteiger partial charge is 0.475 e. The second-order valence-corrected chi connectivity index (χ2v) is 7.70. The predicted molar refractivity (Wildman–Crippen MR) is 106 cm³/mol. The van der Waals surface area contributed by atoms with Gasteiger partial charge in [0.2, 0.25) is 5.91 Å². The van der Waals surface area contributed by atoms with Crippen LogP contribution in [0.15, 0.2) is 36.4 Å². The van der Waals surface area contributed by atoms with E-state index in [-0.39, 0.29) is 23.9 Å². The lowest BCUT2D eigenvalue weighted by Gasteiger charge is -2.28. The zero-order chi connectivity index (χ0) is 22.6. The fraction of sp³-hybridized carbons (Fsp3) is 0.476. The van der Waals surface area contributed by atoms with Gasteiger partial charge >= 0.3 is 12.1 Å². The van der Waals surface area contributed by atoms with Crippen LogP contribution in [-0.2, 0) is 20.8 Å². The third kappa shape index (κ3) is 6.06. The number of rotatable bonds is 5. The molecule has 2 atom stereocenters. The third-order valence-electron chi connectivity index (χ3n) is 5.42. The maximum absolute atomic E-state index is 12.6. The SMILES string of the molecule is O=C(N[C@H](C=CC(=O)N1CCc2ccccc21)C1CC1)[C@@H]1CCN1.O=C(O)C(F)(F)F. The molecule has 0 radical (unpaired) electrons. The first-order valence-electron chi connectivity index (χ1n) is 10.1. The van der Waals surface area contributed by atoms with Crippen molar-refractivity contribution in [3.8, 4) is 0 Å². The van der Waals surface area contributed by atoms with Crippen molar-refractivity contribution in [2.75, 3.05) is 18.0 Å². The summed E-state index contributed by atoms with van der Waals surface area (Å²) in [5.74, 6) is -2.22. The Kier molecular flexibility index (Phi) is 6.99. The Bertz CT molecular complexity index is 864. The van der Waals surface area contributed by atoms with E-state index in [1.165, 1.54) is 5.56 Å². The number of para-hydroxylation sites is 1. The van der Waals surface area contributed by atoms with Gasteiger partial charge in [-0.05, 0) is 49.8 Å². The monoisotopic (exact) mass is 439 g/mol. The Morgan fingerprint density at radius 3 is 2.39 bits per heavy atom. The lowest BCUT2D eigenvalue weighted by atomic mass is 10.1. The molecule has 2 fully saturated rings. The van der Waals surface area contributed by atoms with Gasteiger partial charge in [-0.2, -0.15) is 13.2 Å². The Hall–Kier alpha value is -2.88. The molecule has 0 unspecified atom stereocenters. The largest absolute Gasteiger partial charge is 0.490 e. The molecule has 3 N–H and O–H groups in total. The quantitative estimate of drug-likeness (QED) is 0.610. The van der Waals surface area contributed by atoms with Gasteiger partial charge in [-0.1, -0.05) is 24.3 Å². The van der Waals surface area contributed by atoms with Crippen LogP contribution in [0, 0.1) is 5.92 Å². The summed E-state index contributed by atoms with van der Waals surface area (Å²) in [5.41, 5.74) is 2.24.